The van der Waals surface area contributed by atoms with Gasteiger partial charge in [0.2, 0.25) is 0 Å². The first-order valence-corrected chi connectivity index (χ1v) is 12.1. The second kappa shape index (κ2) is 8.65. The number of aromatic amines is 1. The normalized spacial score (nSPS) is 12.2. The Bertz CT molecular complexity index is 1530. The van der Waals surface area contributed by atoms with Gasteiger partial charge in [-0.1, -0.05) is 0 Å². The fourth-order valence-electron chi connectivity index (χ4n) is 3.30. The molecule has 0 aliphatic carbocycles. The number of benzene rings is 2. The number of aromatic nitrogens is 2. The van der Waals surface area contributed by atoms with Crippen molar-refractivity contribution < 1.29 is 30.8 Å². The predicted molar refractivity (Wildman–Crippen MR) is 126 cm³/mol. The van der Waals surface area contributed by atoms with Crippen LogP contribution in [0.5, 0.6) is 0 Å². The molecular weight excluding hydrogens is 589 g/mol. The van der Waals surface area contributed by atoms with Crippen molar-refractivity contribution in [2.24, 2.45) is 0 Å². The molecule has 0 saturated carbocycles. The average Bonchev–Trinajstić information content (AvgIpc) is 3.18. The van der Waals surface area contributed by atoms with E-state index in [1.54, 1.807) is 41.8 Å². The van der Waals surface area contributed by atoms with Crippen LogP contribution in [0.15, 0.2) is 59.8 Å². The number of alkyl halides is 3. The molecule has 0 spiro atoms. The summed E-state index contributed by atoms with van der Waals surface area (Å²) in [5, 5.41) is 0.482. The van der Waals surface area contributed by atoms with Gasteiger partial charge in [0, 0.05) is 23.3 Å². The Labute approximate surface area is 204 Å². The van der Waals surface area contributed by atoms with E-state index < -0.39 is 38.3 Å². The summed E-state index contributed by atoms with van der Waals surface area (Å²) < 4.78 is 80.7. The number of carbonyl (C=O) groups excluding carboxylic acids is 1. The number of carbonyl (C=O) groups is 1. The monoisotopic (exact) mass is 603 g/mol. The van der Waals surface area contributed by atoms with Gasteiger partial charge < -0.3 is 4.98 Å². The summed E-state index contributed by atoms with van der Waals surface area (Å²) in [7, 11) is -4.32. The lowest BCUT2D eigenvalue weighted by Gasteiger charge is -2.14. The van der Waals surface area contributed by atoms with Gasteiger partial charge in [0.1, 0.15) is 11.5 Å². The number of halogens is 5. The number of nitrogens with zero attached hydrogens (tertiary/aromatic N) is 1. The van der Waals surface area contributed by atoms with Gasteiger partial charge >= 0.3 is 6.18 Å². The lowest BCUT2D eigenvalue weighted by Crippen LogP contribution is -2.16. The summed E-state index contributed by atoms with van der Waals surface area (Å²) in [6, 6.07) is 6.71. The van der Waals surface area contributed by atoms with E-state index in [0.29, 0.717) is 23.2 Å². The highest BCUT2D eigenvalue weighted by Gasteiger charge is 2.31. The fraction of sp³-hybridized carbons (Fsp3) is 0.0909. The Balaban J connectivity index is 1.71. The minimum Gasteiger partial charge on any atom is -0.345 e. The lowest BCUT2D eigenvalue weighted by atomic mass is 10.0. The van der Waals surface area contributed by atoms with Crippen LogP contribution >= 0.6 is 22.6 Å². The van der Waals surface area contributed by atoms with Gasteiger partial charge in [-0.05, 0) is 77.5 Å². The van der Waals surface area contributed by atoms with E-state index in [2.05, 4.69) is 14.7 Å². The van der Waals surface area contributed by atoms with Crippen LogP contribution < -0.4 is 4.72 Å². The number of sulfonamides is 1. The van der Waals surface area contributed by atoms with Crippen molar-refractivity contribution in [1.29, 1.82) is 0 Å². The van der Waals surface area contributed by atoms with E-state index in [-0.39, 0.29) is 20.4 Å². The van der Waals surface area contributed by atoms with E-state index in [4.69, 9.17) is 0 Å². The molecule has 0 unspecified atom stereocenters. The highest BCUT2D eigenvalue weighted by Crippen LogP contribution is 2.32. The lowest BCUT2D eigenvalue weighted by molar-refractivity contribution is -0.137. The third-order valence-corrected chi connectivity index (χ3v) is 7.47. The molecule has 0 atom stereocenters. The Morgan fingerprint density at radius 1 is 1.12 bits per heavy atom. The molecule has 4 rings (SSSR count). The third kappa shape index (κ3) is 4.51. The molecule has 12 heteroatoms. The Morgan fingerprint density at radius 3 is 2.44 bits per heavy atom. The van der Waals surface area contributed by atoms with Crippen molar-refractivity contribution in [3.05, 3.63) is 86.5 Å². The van der Waals surface area contributed by atoms with Crippen molar-refractivity contribution in [3.8, 4) is 0 Å². The molecule has 0 aliphatic rings. The number of rotatable bonds is 5. The minimum absolute atomic E-state index is 0.00644. The second-order valence-corrected chi connectivity index (χ2v) is 10.1. The molecule has 2 aromatic carbocycles. The fourth-order valence-corrected chi connectivity index (χ4v) is 5.37. The van der Waals surface area contributed by atoms with Gasteiger partial charge in [0.05, 0.1) is 25.3 Å². The molecule has 34 heavy (non-hydrogen) atoms. The van der Waals surface area contributed by atoms with Gasteiger partial charge in [-0.3, -0.25) is 9.52 Å². The number of aryl methyl sites for hydroxylation is 1. The average molecular weight is 603 g/mol. The molecule has 0 bridgehead atoms. The molecule has 0 fully saturated rings. The second-order valence-electron chi connectivity index (χ2n) is 7.35. The van der Waals surface area contributed by atoms with Crippen LogP contribution in [0.3, 0.4) is 0 Å². The van der Waals surface area contributed by atoms with E-state index in [1.165, 1.54) is 6.20 Å². The molecule has 0 amide bonds. The Morgan fingerprint density at radius 2 is 1.79 bits per heavy atom. The van der Waals surface area contributed by atoms with E-state index >= 15 is 0 Å². The molecule has 4 aromatic rings. The summed E-state index contributed by atoms with van der Waals surface area (Å²) in [5.74, 6) is -1.54. The van der Waals surface area contributed by atoms with Crippen LogP contribution in [0.1, 0.15) is 27.0 Å². The molecule has 0 radical (unpaired) electrons. The van der Waals surface area contributed by atoms with Gasteiger partial charge in [0.15, 0.2) is 5.78 Å². The number of H-pyrrole nitrogens is 1. The molecule has 6 nitrogen and oxygen atoms in total. The first-order valence-electron chi connectivity index (χ1n) is 9.55. The van der Waals surface area contributed by atoms with E-state index in [0.717, 1.165) is 29.8 Å². The SMILES string of the molecule is Cc1cnc2[nH]cc(C(=O)c3c(F)ccc(NS(=O)(=O)c4ccc(C(F)(F)F)cc4)c3I)c2c1. The number of hydrogen-bond donors (Lipinski definition) is 2. The first-order chi connectivity index (χ1) is 15.9. The number of fused-ring (bicyclic) bond motifs is 1. The largest absolute Gasteiger partial charge is 0.416 e. The van der Waals surface area contributed by atoms with Crippen LogP contribution in [-0.2, 0) is 16.2 Å². The maximum absolute atomic E-state index is 14.7. The first kappa shape index (κ1) is 24.1. The highest BCUT2D eigenvalue weighted by molar-refractivity contribution is 14.1. The predicted octanol–water partition coefficient (Wildman–Crippen LogP) is 5.67. The zero-order chi connectivity index (χ0) is 24.8. The van der Waals surface area contributed by atoms with Crippen molar-refractivity contribution in [2.45, 2.75) is 18.0 Å². The van der Waals surface area contributed by atoms with Crippen molar-refractivity contribution in [1.82, 2.24) is 9.97 Å². The summed E-state index contributed by atoms with van der Waals surface area (Å²) in [4.78, 5) is 19.8. The van der Waals surface area contributed by atoms with Crippen LogP contribution in [0, 0.1) is 16.3 Å². The number of hydrogen-bond acceptors (Lipinski definition) is 4. The van der Waals surface area contributed by atoms with Gasteiger partial charge in [-0.2, -0.15) is 13.2 Å². The van der Waals surface area contributed by atoms with Crippen molar-refractivity contribution in [3.63, 3.8) is 0 Å². The van der Waals surface area contributed by atoms with Gasteiger partial charge in [-0.25, -0.2) is 17.8 Å². The zero-order valence-electron chi connectivity index (χ0n) is 17.2. The van der Waals surface area contributed by atoms with Crippen molar-refractivity contribution in [2.75, 3.05) is 4.72 Å². The van der Waals surface area contributed by atoms with Crippen LogP contribution in [0.2, 0.25) is 0 Å². The Hall–Kier alpha value is -3.00. The van der Waals surface area contributed by atoms with Crippen LogP contribution in [0.25, 0.3) is 11.0 Å². The molecule has 0 saturated heterocycles. The van der Waals surface area contributed by atoms with Gasteiger partial charge in [0.25, 0.3) is 10.0 Å². The van der Waals surface area contributed by atoms with Crippen molar-refractivity contribution >= 4 is 55.1 Å². The molecule has 2 heterocycles. The van der Waals surface area contributed by atoms with Crippen LogP contribution in [-0.4, -0.2) is 24.2 Å². The standard InChI is InChI=1S/C22H14F4IN3O3S/c1-11-8-14-15(10-29-21(14)28-9-11)20(31)18-16(23)6-7-17(19(18)27)30-34(32,33)13-4-2-12(3-5-13)22(24,25)26/h2-10,30H,1H3,(H,28,29). The quantitative estimate of drug-likeness (QED) is 0.175. The summed E-state index contributed by atoms with van der Waals surface area (Å²) >= 11 is 1.65. The minimum atomic E-state index is -4.62. The summed E-state index contributed by atoms with van der Waals surface area (Å²) in [6.45, 7) is 1.79. The molecule has 0 aliphatic heterocycles. The summed E-state index contributed by atoms with van der Waals surface area (Å²) in [5.41, 5.74) is -0.0715. The number of pyridine rings is 1. The molecular formula is C22H14F4IN3O3S. The molecule has 176 valence electrons. The molecule has 2 N–H and O–H groups in total. The highest BCUT2D eigenvalue weighted by atomic mass is 127. The topological polar surface area (TPSA) is 91.9 Å². The summed E-state index contributed by atoms with van der Waals surface area (Å²) in [6.07, 6.45) is -1.62. The van der Waals surface area contributed by atoms with E-state index in [1.807, 2.05) is 0 Å². The molecule has 2 aromatic heterocycles. The maximum atomic E-state index is 14.7. The number of ketones is 1. The maximum Gasteiger partial charge on any atom is 0.416 e. The smallest absolute Gasteiger partial charge is 0.345 e. The van der Waals surface area contributed by atoms with Crippen LogP contribution in [0.4, 0.5) is 23.2 Å². The van der Waals surface area contributed by atoms with Gasteiger partial charge in [-0.15, -0.1) is 0 Å². The third-order valence-electron chi connectivity index (χ3n) is 4.97. The Kier molecular flexibility index (Phi) is 6.14. The number of anilines is 1. The zero-order valence-corrected chi connectivity index (χ0v) is 20.1. The van der Waals surface area contributed by atoms with E-state index in [9.17, 15) is 30.8 Å². The number of nitrogens with one attached hydrogen (secondary N) is 2.